The van der Waals surface area contributed by atoms with Crippen molar-refractivity contribution in [3.05, 3.63) is 0 Å². The van der Waals surface area contributed by atoms with Gasteiger partial charge in [0.1, 0.15) is 0 Å². The first kappa shape index (κ1) is 9.92. The normalized spacial score (nSPS) is 10.2. The lowest BCUT2D eigenvalue weighted by atomic mass is 10.2. The summed E-state index contributed by atoms with van der Waals surface area (Å²) >= 11 is 0. The summed E-state index contributed by atoms with van der Waals surface area (Å²) in [5.74, 6) is 0. The van der Waals surface area contributed by atoms with Gasteiger partial charge in [0.2, 0.25) is 0 Å². The van der Waals surface area contributed by atoms with Gasteiger partial charge in [0.25, 0.3) is 0 Å². The zero-order valence-corrected chi connectivity index (χ0v) is 7.03. The Morgan fingerprint density at radius 1 is 1.10 bits per heavy atom. The smallest absolute Gasteiger partial charge is 0.00489 e. The Morgan fingerprint density at radius 2 is 1.90 bits per heavy atom. The molecule has 0 saturated carbocycles. The molecule has 0 aliphatic carbocycles. The minimum Gasteiger partial charge on any atom is -0.330 e. The summed E-state index contributed by atoms with van der Waals surface area (Å²) in [4.78, 5) is 0. The molecule has 2 heteroatoms. The quantitative estimate of drug-likeness (QED) is 0.525. The maximum atomic E-state index is 5.35. The second-order valence-corrected chi connectivity index (χ2v) is 2.60. The number of nitrogens with one attached hydrogen (secondary N) is 1. The van der Waals surface area contributed by atoms with Crippen LogP contribution in [0.25, 0.3) is 0 Å². The van der Waals surface area contributed by atoms with Gasteiger partial charge in [-0.2, -0.15) is 0 Å². The highest BCUT2D eigenvalue weighted by molar-refractivity contribution is 4.47. The molecule has 0 amide bonds. The van der Waals surface area contributed by atoms with Crippen molar-refractivity contribution >= 4 is 0 Å². The summed E-state index contributed by atoms with van der Waals surface area (Å²) in [6.45, 7) is 5.34. The van der Waals surface area contributed by atoms with E-state index in [4.69, 9.17) is 5.73 Å². The summed E-state index contributed by atoms with van der Waals surface area (Å²) in [7, 11) is 0. The van der Waals surface area contributed by atoms with Gasteiger partial charge in [0.05, 0.1) is 0 Å². The van der Waals surface area contributed by atoms with Crippen molar-refractivity contribution in [3.8, 4) is 0 Å². The molecule has 0 radical (unpaired) electrons. The second kappa shape index (κ2) is 8.92. The first-order valence-corrected chi connectivity index (χ1v) is 4.32. The molecule has 0 heterocycles. The van der Waals surface area contributed by atoms with Crippen LogP contribution in [0.2, 0.25) is 0 Å². The summed E-state index contributed by atoms with van der Waals surface area (Å²) in [6.07, 6.45) is 4.95. The monoisotopic (exact) mass is 144 g/mol. The van der Waals surface area contributed by atoms with E-state index in [-0.39, 0.29) is 0 Å². The first-order valence-electron chi connectivity index (χ1n) is 4.32. The number of hydrogen-bond donors (Lipinski definition) is 2. The van der Waals surface area contributed by atoms with E-state index in [1.807, 2.05) is 0 Å². The average Bonchev–Trinajstić information content (AvgIpc) is 1.97. The van der Waals surface area contributed by atoms with Crippen molar-refractivity contribution in [2.24, 2.45) is 5.73 Å². The Balaban J connectivity index is 2.65. The number of nitrogens with two attached hydrogens (primary N) is 1. The van der Waals surface area contributed by atoms with Gasteiger partial charge in [-0.1, -0.05) is 13.3 Å². The first-order chi connectivity index (χ1) is 4.91. The zero-order chi connectivity index (χ0) is 7.66. The standard InChI is InChI=1S/C8H20N2/c1-2-7-10-8-5-3-4-6-9/h10H,2-9H2,1H3. The Kier molecular flexibility index (Phi) is 8.85. The molecule has 0 atom stereocenters. The molecule has 0 aliphatic heterocycles. The topological polar surface area (TPSA) is 38.0 Å². The third-order valence-electron chi connectivity index (χ3n) is 1.48. The maximum Gasteiger partial charge on any atom is -0.00489 e. The fourth-order valence-corrected chi connectivity index (χ4v) is 0.873. The molecule has 0 spiro atoms. The van der Waals surface area contributed by atoms with E-state index in [2.05, 4.69) is 12.2 Å². The van der Waals surface area contributed by atoms with Crippen LogP contribution >= 0.6 is 0 Å². The third-order valence-corrected chi connectivity index (χ3v) is 1.48. The van der Waals surface area contributed by atoms with Gasteiger partial charge in [-0.3, -0.25) is 0 Å². The van der Waals surface area contributed by atoms with Gasteiger partial charge in [-0.15, -0.1) is 0 Å². The van der Waals surface area contributed by atoms with Crippen molar-refractivity contribution in [2.45, 2.75) is 32.6 Å². The van der Waals surface area contributed by atoms with Gasteiger partial charge < -0.3 is 11.1 Å². The second-order valence-electron chi connectivity index (χ2n) is 2.60. The van der Waals surface area contributed by atoms with Crippen molar-refractivity contribution < 1.29 is 0 Å². The summed E-state index contributed by atoms with van der Waals surface area (Å²) in [6, 6.07) is 0. The fourth-order valence-electron chi connectivity index (χ4n) is 0.873. The third kappa shape index (κ3) is 7.92. The van der Waals surface area contributed by atoms with Crippen LogP contribution in [0.15, 0.2) is 0 Å². The molecule has 0 aromatic carbocycles. The highest BCUT2D eigenvalue weighted by Crippen LogP contribution is 1.90. The molecule has 62 valence electrons. The molecule has 0 aromatic heterocycles. The number of unbranched alkanes of at least 4 members (excludes halogenated alkanes) is 2. The lowest BCUT2D eigenvalue weighted by Gasteiger charge is -2.00. The van der Waals surface area contributed by atoms with E-state index in [1.165, 1.54) is 25.7 Å². The molecular formula is C8H20N2. The van der Waals surface area contributed by atoms with E-state index in [0.29, 0.717) is 0 Å². The van der Waals surface area contributed by atoms with Crippen LogP contribution in [0.3, 0.4) is 0 Å². The Hall–Kier alpha value is -0.0800. The van der Waals surface area contributed by atoms with E-state index in [0.717, 1.165) is 19.6 Å². The van der Waals surface area contributed by atoms with Gasteiger partial charge in [0.15, 0.2) is 0 Å². The molecule has 0 fully saturated rings. The van der Waals surface area contributed by atoms with Crippen LogP contribution in [0.5, 0.6) is 0 Å². The SMILES string of the molecule is CCCNCCCCCN. The minimum atomic E-state index is 0.841. The summed E-state index contributed by atoms with van der Waals surface area (Å²) in [5.41, 5.74) is 5.35. The van der Waals surface area contributed by atoms with Gasteiger partial charge in [-0.05, 0) is 38.9 Å². The van der Waals surface area contributed by atoms with Crippen LogP contribution in [0, 0.1) is 0 Å². The average molecular weight is 144 g/mol. The maximum absolute atomic E-state index is 5.35. The van der Waals surface area contributed by atoms with Crippen LogP contribution in [-0.2, 0) is 0 Å². The van der Waals surface area contributed by atoms with Gasteiger partial charge in [0, 0.05) is 0 Å². The van der Waals surface area contributed by atoms with Crippen molar-refractivity contribution in [3.63, 3.8) is 0 Å². The number of rotatable bonds is 7. The Morgan fingerprint density at radius 3 is 2.50 bits per heavy atom. The molecule has 0 aromatic rings. The Labute approximate surface area is 64.2 Å². The number of hydrogen-bond acceptors (Lipinski definition) is 2. The lowest BCUT2D eigenvalue weighted by molar-refractivity contribution is 0.602. The molecule has 10 heavy (non-hydrogen) atoms. The minimum absolute atomic E-state index is 0.841. The fraction of sp³-hybridized carbons (Fsp3) is 1.00. The van der Waals surface area contributed by atoms with Crippen LogP contribution in [0.1, 0.15) is 32.6 Å². The molecule has 0 bridgehead atoms. The molecular weight excluding hydrogens is 124 g/mol. The van der Waals surface area contributed by atoms with E-state index < -0.39 is 0 Å². The predicted molar refractivity (Wildman–Crippen MR) is 46.1 cm³/mol. The molecule has 0 rings (SSSR count). The summed E-state index contributed by atoms with van der Waals surface area (Å²) < 4.78 is 0. The molecule has 3 N–H and O–H groups in total. The van der Waals surface area contributed by atoms with Crippen LogP contribution < -0.4 is 11.1 Å². The van der Waals surface area contributed by atoms with Crippen LogP contribution in [-0.4, -0.2) is 19.6 Å². The molecule has 2 nitrogen and oxygen atoms in total. The molecule has 0 unspecified atom stereocenters. The highest BCUT2D eigenvalue weighted by Gasteiger charge is 1.85. The van der Waals surface area contributed by atoms with Gasteiger partial charge >= 0.3 is 0 Å². The van der Waals surface area contributed by atoms with Crippen molar-refractivity contribution in [1.29, 1.82) is 0 Å². The molecule has 0 aliphatic rings. The van der Waals surface area contributed by atoms with E-state index in [1.54, 1.807) is 0 Å². The molecule has 0 saturated heterocycles. The highest BCUT2D eigenvalue weighted by atomic mass is 14.8. The largest absolute Gasteiger partial charge is 0.330 e. The Bertz CT molecular complexity index is 47.2. The van der Waals surface area contributed by atoms with Gasteiger partial charge in [-0.25, -0.2) is 0 Å². The predicted octanol–water partition coefficient (Wildman–Crippen LogP) is 1.11. The van der Waals surface area contributed by atoms with Crippen LogP contribution in [0.4, 0.5) is 0 Å². The summed E-state index contributed by atoms with van der Waals surface area (Å²) in [5, 5.41) is 3.35. The van der Waals surface area contributed by atoms with E-state index >= 15 is 0 Å². The van der Waals surface area contributed by atoms with Crippen molar-refractivity contribution in [2.75, 3.05) is 19.6 Å². The lowest BCUT2D eigenvalue weighted by Crippen LogP contribution is -2.16. The van der Waals surface area contributed by atoms with E-state index in [9.17, 15) is 0 Å². The van der Waals surface area contributed by atoms with Crippen molar-refractivity contribution in [1.82, 2.24) is 5.32 Å². The zero-order valence-electron chi connectivity index (χ0n) is 7.03.